The number of hydrogen-bond acceptors (Lipinski definition) is 2. The summed E-state index contributed by atoms with van der Waals surface area (Å²) >= 11 is 0. The van der Waals surface area contributed by atoms with Gasteiger partial charge in [0, 0.05) is 0 Å². The molecule has 1 unspecified atom stereocenters. The highest BCUT2D eigenvalue weighted by atomic mass is 16.3. The fourth-order valence-electron chi connectivity index (χ4n) is 2.99. The van der Waals surface area contributed by atoms with Gasteiger partial charge in [-0.1, -0.05) is 39.0 Å². The zero-order chi connectivity index (χ0) is 14.1. The Morgan fingerprint density at radius 2 is 2.05 bits per heavy atom. The van der Waals surface area contributed by atoms with E-state index in [0.717, 1.165) is 32.2 Å². The lowest BCUT2D eigenvalue weighted by atomic mass is 9.74. The monoisotopic (exact) mass is 261 g/mol. The van der Waals surface area contributed by atoms with Gasteiger partial charge in [0.05, 0.1) is 5.60 Å². The Labute approximate surface area is 117 Å². The minimum absolute atomic E-state index is 0.135. The molecule has 1 aliphatic carbocycles. The second kappa shape index (κ2) is 5.26. The average Bonchev–Trinajstić information content (AvgIpc) is 2.35. The predicted molar refractivity (Wildman–Crippen MR) is 80.5 cm³/mol. The topological polar surface area (TPSA) is 32.3 Å². The van der Waals surface area contributed by atoms with Crippen LogP contribution in [0.25, 0.3) is 0 Å². The largest absolute Gasteiger partial charge is 0.385 e. The molecule has 0 saturated heterocycles. The summed E-state index contributed by atoms with van der Waals surface area (Å²) in [6.07, 6.45) is 3.86. The van der Waals surface area contributed by atoms with E-state index in [1.165, 1.54) is 16.7 Å². The molecule has 0 amide bonds. The first-order valence-electron chi connectivity index (χ1n) is 7.38. The average molecular weight is 261 g/mol. The molecule has 2 heteroatoms. The highest BCUT2D eigenvalue weighted by Crippen LogP contribution is 2.39. The van der Waals surface area contributed by atoms with Crippen LogP contribution in [-0.4, -0.2) is 18.7 Å². The van der Waals surface area contributed by atoms with E-state index < -0.39 is 5.60 Å². The van der Waals surface area contributed by atoms with Crippen LogP contribution in [0.2, 0.25) is 0 Å². The number of rotatable bonds is 3. The molecule has 0 radical (unpaired) electrons. The molecule has 0 heterocycles. The summed E-state index contributed by atoms with van der Waals surface area (Å²) in [6.45, 7) is 7.54. The molecule has 19 heavy (non-hydrogen) atoms. The Bertz CT molecular complexity index is 447. The smallest absolute Gasteiger partial charge is 0.0911 e. The lowest BCUT2D eigenvalue weighted by Crippen LogP contribution is -2.34. The number of nitrogens with one attached hydrogen (secondary N) is 1. The number of hydrogen-bond donors (Lipinski definition) is 2. The number of aliphatic hydroxyl groups is 1. The molecule has 0 aromatic heterocycles. The van der Waals surface area contributed by atoms with Gasteiger partial charge in [0.25, 0.3) is 0 Å². The van der Waals surface area contributed by atoms with Crippen molar-refractivity contribution in [3.63, 3.8) is 0 Å². The number of aryl methyl sites for hydroxylation is 1. The van der Waals surface area contributed by atoms with Crippen LogP contribution in [0.4, 0.5) is 0 Å². The van der Waals surface area contributed by atoms with Crippen LogP contribution in [0.5, 0.6) is 0 Å². The maximum atomic E-state index is 11.0. The fourth-order valence-corrected chi connectivity index (χ4v) is 2.99. The molecule has 2 N–H and O–H groups in total. The molecular weight excluding hydrogens is 234 g/mol. The van der Waals surface area contributed by atoms with E-state index in [1.54, 1.807) is 0 Å². The lowest BCUT2D eigenvalue weighted by Gasteiger charge is -2.36. The fraction of sp³-hybridized carbons (Fsp3) is 0.647. The molecule has 0 aliphatic heterocycles. The molecule has 0 spiro atoms. The Morgan fingerprint density at radius 1 is 1.32 bits per heavy atom. The molecule has 0 saturated carbocycles. The maximum Gasteiger partial charge on any atom is 0.0911 e. The van der Waals surface area contributed by atoms with Crippen LogP contribution in [-0.2, 0) is 17.4 Å². The van der Waals surface area contributed by atoms with Gasteiger partial charge in [0.2, 0.25) is 0 Å². The Hall–Kier alpha value is -0.860. The minimum Gasteiger partial charge on any atom is -0.385 e. The van der Waals surface area contributed by atoms with E-state index in [1.807, 2.05) is 7.05 Å². The standard InChI is InChI=1S/C17H27NO/c1-16(2,3)14-8-7-13-6-5-9-17(19,10-11-18-4)15(13)12-14/h7-8,12,18-19H,5-6,9-11H2,1-4H3. The molecule has 0 fully saturated rings. The predicted octanol–water partition coefficient (Wildman–Crippen LogP) is 3.12. The third-order valence-corrected chi connectivity index (χ3v) is 4.30. The molecule has 0 bridgehead atoms. The Kier molecular flexibility index (Phi) is 4.03. The van der Waals surface area contributed by atoms with Gasteiger partial charge in [-0.05, 0) is 61.4 Å². The first kappa shape index (κ1) is 14.5. The summed E-state index contributed by atoms with van der Waals surface area (Å²) in [5, 5.41) is 14.2. The summed E-state index contributed by atoms with van der Waals surface area (Å²) in [4.78, 5) is 0. The second-order valence-electron chi connectivity index (χ2n) is 6.86. The van der Waals surface area contributed by atoms with Crippen LogP contribution >= 0.6 is 0 Å². The van der Waals surface area contributed by atoms with Gasteiger partial charge >= 0.3 is 0 Å². The summed E-state index contributed by atoms with van der Waals surface area (Å²) in [6, 6.07) is 6.69. The first-order chi connectivity index (χ1) is 8.87. The minimum atomic E-state index is -0.641. The van der Waals surface area contributed by atoms with Crippen molar-refractivity contribution in [3.05, 3.63) is 34.9 Å². The van der Waals surface area contributed by atoms with Crippen LogP contribution < -0.4 is 5.32 Å². The molecule has 2 nitrogen and oxygen atoms in total. The lowest BCUT2D eigenvalue weighted by molar-refractivity contribution is 0.0108. The van der Waals surface area contributed by atoms with Gasteiger partial charge in [-0.3, -0.25) is 0 Å². The summed E-state index contributed by atoms with van der Waals surface area (Å²) in [5.74, 6) is 0. The summed E-state index contributed by atoms with van der Waals surface area (Å²) in [5.41, 5.74) is 3.31. The third kappa shape index (κ3) is 3.01. The SMILES string of the molecule is CNCCC1(O)CCCc2ccc(C(C)(C)C)cc21. The molecule has 1 aliphatic rings. The van der Waals surface area contributed by atoms with Gasteiger partial charge in [-0.2, -0.15) is 0 Å². The Balaban J connectivity index is 2.41. The van der Waals surface area contributed by atoms with Crippen LogP contribution in [0.15, 0.2) is 18.2 Å². The summed E-state index contributed by atoms with van der Waals surface area (Å²) in [7, 11) is 1.94. The van der Waals surface area contributed by atoms with Crippen molar-refractivity contribution in [3.8, 4) is 0 Å². The van der Waals surface area contributed by atoms with E-state index in [0.29, 0.717) is 0 Å². The molecule has 1 aromatic rings. The first-order valence-corrected chi connectivity index (χ1v) is 7.38. The highest BCUT2D eigenvalue weighted by molar-refractivity contribution is 5.40. The zero-order valence-electron chi connectivity index (χ0n) is 12.7. The van der Waals surface area contributed by atoms with Gasteiger partial charge < -0.3 is 10.4 Å². The third-order valence-electron chi connectivity index (χ3n) is 4.30. The van der Waals surface area contributed by atoms with Crippen molar-refractivity contribution in [2.75, 3.05) is 13.6 Å². The summed E-state index contributed by atoms with van der Waals surface area (Å²) < 4.78 is 0. The van der Waals surface area contributed by atoms with E-state index in [9.17, 15) is 5.11 Å². The van der Waals surface area contributed by atoms with Crippen molar-refractivity contribution in [2.24, 2.45) is 0 Å². The van der Waals surface area contributed by atoms with E-state index in [-0.39, 0.29) is 5.41 Å². The molecule has 1 aromatic carbocycles. The number of benzene rings is 1. The van der Waals surface area contributed by atoms with Crippen molar-refractivity contribution in [2.45, 2.75) is 57.5 Å². The van der Waals surface area contributed by atoms with Gasteiger partial charge in [0.1, 0.15) is 0 Å². The maximum absolute atomic E-state index is 11.0. The Morgan fingerprint density at radius 3 is 2.68 bits per heavy atom. The highest BCUT2D eigenvalue weighted by Gasteiger charge is 2.34. The van der Waals surface area contributed by atoms with Crippen LogP contribution in [0, 0.1) is 0 Å². The quantitative estimate of drug-likeness (QED) is 0.876. The molecule has 106 valence electrons. The van der Waals surface area contributed by atoms with Crippen molar-refractivity contribution in [1.29, 1.82) is 0 Å². The molecule has 2 rings (SSSR count). The second-order valence-corrected chi connectivity index (χ2v) is 6.86. The zero-order valence-corrected chi connectivity index (χ0v) is 12.7. The molecular formula is C17H27NO. The van der Waals surface area contributed by atoms with E-state index >= 15 is 0 Å². The molecule has 1 atom stereocenters. The van der Waals surface area contributed by atoms with E-state index in [4.69, 9.17) is 0 Å². The van der Waals surface area contributed by atoms with E-state index in [2.05, 4.69) is 44.3 Å². The van der Waals surface area contributed by atoms with Gasteiger partial charge in [0.15, 0.2) is 0 Å². The van der Waals surface area contributed by atoms with Gasteiger partial charge in [-0.25, -0.2) is 0 Å². The van der Waals surface area contributed by atoms with Gasteiger partial charge in [-0.15, -0.1) is 0 Å². The normalized spacial score (nSPS) is 23.2. The number of fused-ring (bicyclic) bond motifs is 1. The van der Waals surface area contributed by atoms with Crippen molar-refractivity contribution in [1.82, 2.24) is 5.32 Å². The van der Waals surface area contributed by atoms with Crippen LogP contribution in [0.3, 0.4) is 0 Å². The van der Waals surface area contributed by atoms with Crippen molar-refractivity contribution >= 4 is 0 Å². The van der Waals surface area contributed by atoms with Crippen LogP contribution in [0.1, 0.15) is 56.7 Å². The van der Waals surface area contributed by atoms with Crippen molar-refractivity contribution < 1.29 is 5.11 Å².